The first-order valence-corrected chi connectivity index (χ1v) is 1.60. The summed E-state index contributed by atoms with van der Waals surface area (Å²) in [5, 5.41) is 6.65. The summed E-state index contributed by atoms with van der Waals surface area (Å²) in [4.78, 5) is 0. The highest BCUT2D eigenvalue weighted by Crippen LogP contribution is 1.94. The molecular formula is C3H3N3. The van der Waals surface area contributed by atoms with Crippen LogP contribution >= 0.6 is 0 Å². The van der Waals surface area contributed by atoms with E-state index in [4.69, 9.17) is 6.58 Å². The fourth-order valence-electron chi connectivity index (χ4n) is 0.241. The maximum absolute atomic E-state index is 6.73. The molecule has 0 amide bonds. The molecule has 0 aromatic carbocycles. The highest BCUT2D eigenvalue weighted by Gasteiger charge is 1.93. The van der Waals surface area contributed by atoms with Gasteiger partial charge in [0.15, 0.2) is 0 Å². The van der Waals surface area contributed by atoms with Crippen molar-refractivity contribution < 1.29 is 0 Å². The fourth-order valence-corrected chi connectivity index (χ4v) is 0.241. The van der Waals surface area contributed by atoms with Gasteiger partial charge in [-0.2, -0.15) is 0 Å². The van der Waals surface area contributed by atoms with Crippen molar-refractivity contribution in [3.8, 4) is 0 Å². The predicted octanol–water partition coefficient (Wildman–Crippen LogP) is 0.151. The van der Waals surface area contributed by atoms with Gasteiger partial charge in [-0.15, -0.1) is 5.11 Å². The van der Waals surface area contributed by atoms with Gasteiger partial charge in [-0.3, -0.25) is 5.43 Å². The van der Waals surface area contributed by atoms with Crippen molar-refractivity contribution in [1.29, 1.82) is 0 Å². The lowest BCUT2D eigenvalue weighted by molar-refractivity contribution is 0.840. The van der Waals surface area contributed by atoms with E-state index in [2.05, 4.69) is 15.8 Å². The van der Waals surface area contributed by atoms with E-state index in [0.29, 0.717) is 12.2 Å². The van der Waals surface area contributed by atoms with Crippen LogP contribution in [0.5, 0.6) is 0 Å². The molecule has 6 heavy (non-hydrogen) atoms. The summed E-state index contributed by atoms with van der Waals surface area (Å²) >= 11 is 0. The van der Waals surface area contributed by atoms with E-state index in [0.717, 1.165) is 0 Å². The summed E-state index contributed by atoms with van der Waals surface area (Å²) in [5.41, 5.74) is 2.81. The zero-order valence-electron chi connectivity index (χ0n) is 3.10. The Morgan fingerprint density at radius 2 is 2.67 bits per heavy atom. The summed E-state index contributed by atoms with van der Waals surface area (Å²) in [6.45, 7) is 7.21. The van der Waals surface area contributed by atoms with Crippen LogP contribution in [0.25, 0.3) is 0 Å². The summed E-state index contributed by atoms with van der Waals surface area (Å²) in [5.74, 6) is 0. The van der Waals surface area contributed by atoms with Crippen molar-refractivity contribution in [3.05, 3.63) is 12.3 Å². The van der Waals surface area contributed by atoms with Gasteiger partial charge in [-0.1, -0.05) is 5.22 Å². The van der Waals surface area contributed by atoms with E-state index in [9.17, 15) is 0 Å². The van der Waals surface area contributed by atoms with Gasteiger partial charge in [0.25, 0.3) is 0 Å². The molecule has 1 aliphatic heterocycles. The molecule has 0 atom stereocenters. The lowest BCUT2D eigenvalue weighted by Gasteiger charge is -1.75. The molecule has 1 aliphatic rings. The van der Waals surface area contributed by atoms with Gasteiger partial charge in [0.2, 0.25) is 0 Å². The minimum absolute atomic E-state index is 0.301. The van der Waals surface area contributed by atoms with Gasteiger partial charge in [-0.05, 0) is 0 Å². The minimum atomic E-state index is 0.301. The molecule has 30 valence electrons. The average Bonchev–Trinajstić information content (AvgIpc) is 1.86. The molecule has 0 aromatic rings. The van der Waals surface area contributed by atoms with Crippen LogP contribution in [0.15, 0.2) is 16.0 Å². The number of nitrogens with one attached hydrogen (secondary N) is 1. The molecule has 0 aliphatic carbocycles. The van der Waals surface area contributed by atoms with Gasteiger partial charge in [-0.25, -0.2) is 0 Å². The summed E-state index contributed by atoms with van der Waals surface area (Å²) < 4.78 is 0. The van der Waals surface area contributed by atoms with E-state index < -0.39 is 0 Å². The Labute approximate surface area is 35.7 Å². The third kappa shape index (κ3) is 0.381. The van der Waals surface area contributed by atoms with Crippen molar-refractivity contribution in [2.75, 3.05) is 6.54 Å². The number of hydrogen-bond acceptors (Lipinski definition) is 3. The van der Waals surface area contributed by atoms with Crippen molar-refractivity contribution in [1.82, 2.24) is 5.43 Å². The normalized spacial score (nSPS) is 18.3. The zero-order valence-corrected chi connectivity index (χ0v) is 3.10. The molecule has 0 unspecified atom stereocenters. The molecule has 1 N–H and O–H groups in total. The molecular weight excluding hydrogens is 78.1 g/mol. The van der Waals surface area contributed by atoms with Crippen molar-refractivity contribution in [3.63, 3.8) is 0 Å². The standard InChI is InChI=1S/C3H3N3/c1-3-2-4-6-5-3/h2H2,(H,4,5). The maximum atomic E-state index is 6.73. The van der Waals surface area contributed by atoms with E-state index in [1.807, 2.05) is 0 Å². The molecule has 2 radical (unpaired) electrons. The second-order valence-corrected chi connectivity index (χ2v) is 0.982. The topological polar surface area (TPSA) is 36.8 Å². The van der Waals surface area contributed by atoms with Crippen LogP contribution in [-0.4, -0.2) is 6.54 Å². The largest absolute Gasteiger partial charge is 0.285 e. The van der Waals surface area contributed by atoms with Crippen LogP contribution < -0.4 is 5.43 Å². The van der Waals surface area contributed by atoms with Crippen LogP contribution in [0.1, 0.15) is 0 Å². The quantitative estimate of drug-likeness (QED) is 0.442. The van der Waals surface area contributed by atoms with E-state index in [1.165, 1.54) is 0 Å². The predicted molar refractivity (Wildman–Crippen MR) is 19.6 cm³/mol. The molecule has 3 heteroatoms. The van der Waals surface area contributed by atoms with Gasteiger partial charge < -0.3 is 0 Å². The van der Waals surface area contributed by atoms with Crippen molar-refractivity contribution in [2.45, 2.75) is 0 Å². The number of hydrogen-bond donors (Lipinski definition) is 1. The summed E-state index contributed by atoms with van der Waals surface area (Å²) in [6.07, 6.45) is 0. The lowest BCUT2D eigenvalue weighted by atomic mass is 10.5. The maximum Gasteiger partial charge on any atom is 0.0942 e. The molecule has 0 saturated carbocycles. The van der Waals surface area contributed by atoms with Crippen molar-refractivity contribution in [2.24, 2.45) is 10.3 Å². The lowest BCUT2D eigenvalue weighted by Crippen LogP contribution is -1.98. The van der Waals surface area contributed by atoms with Gasteiger partial charge in [0.1, 0.15) is 0 Å². The fraction of sp³-hybridized carbons (Fsp3) is 0.333. The average molecular weight is 81.1 g/mol. The van der Waals surface area contributed by atoms with Crippen LogP contribution in [0, 0.1) is 6.58 Å². The van der Waals surface area contributed by atoms with Crippen LogP contribution in [0.4, 0.5) is 0 Å². The molecule has 0 fully saturated rings. The Morgan fingerprint density at radius 3 is 2.83 bits per heavy atom. The van der Waals surface area contributed by atoms with Crippen LogP contribution in [0.3, 0.4) is 0 Å². The first-order chi connectivity index (χ1) is 2.89. The Morgan fingerprint density at radius 1 is 1.83 bits per heavy atom. The molecule has 1 rings (SSSR count). The van der Waals surface area contributed by atoms with Gasteiger partial charge >= 0.3 is 0 Å². The Hall–Kier alpha value is -0.860. The summed E-state index contributed by atoms with van der Waals surface area (Å²) in [7, 11) is 0. The molecule has 1 heterocycles. The van der Waals surface area contributed by atoms with Gasteiger partial charge in [0.05, 0.1) is 12.2 Å². The SMILES string of the molecule is [C]=C1CNN=N1. The molecule has 0 spiro atoms. The second kappa shape index (κ2) is 1.08. The summed E-state index contributed by atoms with van der Waals surface area (Å²) in [6, 6.07) is 0. The third-order valence-electron chi connectivity index (χ3n) is 0.488. The first-order valence-electron chi connectivity index (χ1n) is 1.60. The van der Waals surface area contributed by atoms with E-state index in [1.54, 1.807) is 0 Å². The molecule has 0 saturated heterocycles. The molecule has 0 bridgehead atoms. The molecule has 0 aromatic heterocycles. The second-order valence-electron chi connectivity index (χ2n) is 0.982. The Balaban J connectivity index is 2.59. The monoisotopic (exact) mass is 81.0 g/mol. The van der Waals surface area contributed by atoms with Gasteiger partial charge in [0, 0.05) is 6.58 Å². The Bertz CT molecular complexity index is 94.2. The number of rotatable bonds is 0. The third-order valence-corrected chi connectivity index (χ3v) is 0.488. The zero-order chi connectivity index (χ0) is 4.41. The van der Waals surface area contributed by atoms with Crippen molar-refractivity contribution >= 4 is 0 Å². The van der Waals surface area contributed by atoms with Crippen LogP contribution in [0.2, 0.25) is 0 Å². The highest BCUT2D eigenvalue weighted by molar-refractivity contribution is 4.91. The first kappa shape index (κ1) is 3.33. The number of nitrogens with zero attached hydrogens (tertiary/aromatic N) is 2. The van der Waals surface area contributed by atoms with Crippen LogP contribution in [-0.2, 0) is 0 Å². The highest BCUT2D eigenvalue weighted by atomic mass is 15.5. The van der Waals surface area contributed by atoms with E-state index >= 15 is 0 Å². The van der Waals surface area contributed by atoms with E-state index in [-0.39, 0.29) is 0 Å². The smallest absolute Gasteiger partial charge is 0.0942 e. The molecule has 3 nitrogen and oxygen atoms in total. The Kier molecular flexibility index (Phi) is 0.602. The minimum Gasteiger partial charge on any atom is -0.285 e.